The van der Waals surface area contributed by atoms with Gasteiger partial charge in [-0.15, -0.1) is 0 Å². The molecule has 1 aromatic heterocycles. The number of aromatic hydroxyl groups is 1. The minimum Gasteiger partial charge on any atom is -0.507 e. The molecule has 0 radical (unpaired) electrons. The van der Waals surface area contributed by atoms with Crippen molar-refractivity contribution in [2.75, 3.05) is 7.11 Å². The van der Waals surface area contributed by atoms with Crippen molar-refractivity contribution in [1.82, 2.24) is 15.6 Å². The number of carboxylic acid groups (broad SMARTS) is 1. The van der Waals surface area contributed by atoms with Gasteiger partial charge in [0.1, 0.15) is 17.4 Å². The minimum absolute atomic E-state index is 0.0127. The number of para-hydroxylation sites is 1. The Morgan fingerprint density at radius 2 is 1.94 bits per heavy atom. The molecule has 9 heteroatoms. The number of methoxy groups -OCH3 is 1. The van der Waals surface area contributed by atoms with Gasteiger partial charge in [0, 0.05) is 16.6 Å². The lowest BCUT2D eigenvalue weighted by atomic mass is 9.89. The molecule has 2 aromatic carbocycles. The molecule has 0 aliphatic carbocycles. The Labute approximate surface area is 202 Å². The number of phenolic OH excluding ortho intramolecular Hbond substituents is 1. The van der Waals surface area contributed by atoms with Gasteiger partial charge in [-0.3, -0.25) is 10.1 Å². The first kappa shape index (κ1) is 24.3. The molecule has 35 heavy (non-hydrogen) atoms. The second-order valence-electron chi connectivity index (χ2n) is 8.90. The third-order valence-electron chi connectivity index (χ3n) is 6.76. The van der Waals surface area contributed by atoms with E-state index in [0.717, 1.165) is 22.2 Å². The Morgan fingerprint density at radius 3 is 2.63 bits per heavy atom. The average Bonchev–Trinajstić information content (AvgIpc) is 3.24. The van der Waals surface area contributed by atoms with E-state index < -0.39 is 36.0 Å². The summed E-state index contributed by atoms with van der Waals surface area (Å²) in [6, 6.07) is 10.1. The first-order chi connectivity index (χ1) is 16.7. The SMILES string of the molecule is CC[C@H](C)[C@H](NC(=O)[C@@H]1Cc2c([nH]c3ccccc23)[C@@H](c2ccc(O)c(C(=O)OC)c2)N1)C(=O)O. The Hall–Kier alpha value is -3.85. The maximum Gasteiger partial charge on any atom is 0.341 e. The van der Waals surface area contributed by atoms with E-state index >= 15 is 0 Å². The predicted octanol–water partition coefficient (Wildman–Crippen LogP) is 2.88. The quantitative estimate of drug-likeness (QED) is 0.328. The summed E-state index contributed by atoms with van der Waals surface area (Å²) in [5, 5.41) is 26.8. The van der Waals surface area contributed by atoms with Crippen LogP contribution in [0.2, 0.25) is 0 Å². The molecule has 0 spiro atoms. The molecule has 2 heterocycles. The number of rotatable bonds is 7. The number of phenols is 1. The Morgan fingerprint density at radius 1 is 1.20 bits per heavy atom. The molecule has 1 aliphatic heterocycles. The van der Waals surface area contributed by atoms with Crippen LogP contribution in [0.25, 0.3) is 10.9 Å². The van der Waals surface area contributed by atoms with Crippen LogP contribution in [0.5, 0.6) is 5.75 Å². The number of benzene rings is 2. The van der Waals surface area contributed by atoms with E-state index in [1.165, 1.54) is 19.2 Å². The van der Waals surface area contributed by atoms with Gasteiger partial charge < -0.3 is 25.3 Å². The third kappa shape index (κ3) is 4.59. The molecular formula is C26H29N3O6. The fourth-order valence-electron chi connectivity index (χ4n) is 4.61. The molecule has 1 amide bonds. The molecule has 1 aliphatic rings. The van der Waals surface area contributed by atoms with Crippen molar-refractivity contribution in [3.8, 4) is 5.75 Å². The van der Waals surface area contributed by atoms with Crippen LogP contribution in [0.15, 0.2) is 42.5 Å². The van der Waals surface area contributed by atoms with Crippen molar-refractivity contribution in [2.45, 2.75) is 44.8 Å². The largest absolute Gasteiger partial charge is 0.507 e. The zero-order chi connectivity index (χ0) is 25.3. The van der Waals surface area contributed by atoms with Crippen LogP contribution < -0.4 is 10.6 Å². The lowest BCUT2D eigenvalue weighted by molar-refractivity contribution is -0.143. The molecule has 0 fully saturated rings. The molecule has 3 aromatic rings. The van der Waals surface area contributed by atoms with Gasteiger partial charge in [0.2, 0.25) is 5.91 Å². The molecule has 4 atom stereocenters. The maximum atomic E-state index is 13.3. The van der Waals surface area contributed by atoms with Crippen LogP contribution in [0, 0.1) is 5.92 Å². The van der Waals surface area contributed by atoms with E-state index in [4.69, 9.17) is 4.74 Å². The van der Waals surface area contributed by atoms with Gasteiger partial charge in [-0.2, -0.15) is 0 Å². The lowest BCUT2D eigenvalue weighted by Gasteiger charge is -2.32. The van der Waals surface area contributed by atoms with Crippen LogP contribution >= 0.6 is 0 Å². The number of esters is 1. The molecule has 0 saturated heterocycles. The van der Waals surface area contributed by atoms with Crippen molar-refractivity contribution >= 4 is 28.7 Å². The first-order valence-corrected chi connectivity index (χ1v) is 11.5. The molecular weight excluding hydrogens is 450 g/mol. The van der Waals surface area contributed by atoms with Crippen molar-refractivity contribution in [3.05, 3.63) is 64.8 Å². The van der Waals surface area contributed by atoms with Gasteiger partial charge in [-0.25, -0.2) is 9.59 Å². The number of hydrogen-bond acceptors (Lipinski definition) is 6. The van der Waals surface area contributed by atoms with Crippen molar-refractivity contribution in [2.24, 2.45) is 5.92 Å². The van der Waals surface area contributed by atoms with Crippen molar-refractivity contribution < 1.29 is 29.3 Å². The van der Waals surface area contributed by atoms with E-state index in [-0.39, 0.29) is 17.2 Å². The van der Waals surface area contributed by atoms with E-state index in [1.807, 2.05) is 31.2 Å². The normalized spacial score (nSPS) is 18.9. The van der Waals surface area contributed by atoms with E-state index in [2.05, 4.69) is 15.6 Å². The minimum atomic E-state index is -1.07. The van der Waals surface area contributed by atoms with Crippen LogP contribution in [0.4, 0.5) is 0 Å². The topological polar surface area (TPSA) is 141 Å². The molecule has 0 saturated carbocycles. The fraction of sp³-hybridized carbons (Fsp3) is 0.346. The number of H-pyrrole nitrogens is 1. The summed E-state index contributed by atoms with van der Waals surface area (Å²) in [6.07, 6.45) is 0.963. The zero-order valence-electron chi connectivity index (χ0n) is 19.8. The van der Waals surface area contributed by atoms with Gasteiger partial charge in [0.25, 0.3) is 0 Å². The van der Waals surface area contributed by atoms with Gasteiger partial charge in [0.15, 0.2) is 0 Å². The van der Waals surface area contributed by atoms with E-state index in [0.29, 0.717) is 18.4 Å². The second kappa shape index (κ2) is 9.79. The van der Waals surface area contributed by atoms with Crippen LogP contribution in [-0.2, 0) is 20.7 Å². The number of aromatic amines is 1. The number of hydrogen-bond donors (Lipinski definition) is 5. The molecule has 4 rings (SSSR count). The highest BCUT2D eigenvalue weighted by Gasteiger charge is 2.36. The number of carboxylic acids is 1. The summed E-state index contributed by atoms with van der Waals surface area (Å²) in [5.41, 5.74) is 3.34. The number of amides is 1. The molecule has 184 valence electrons. The number of fused-ring (bicyclic) bond motifs is 3. The number of nitrogens with one attached hydrogen (secondary N) is 3. The summed E-state index contributed by atoms with van der Waals surface area (Å²) >= 11 is 0. The fourth-order valence-corrected chi connectivity index (χ4v) is 4.61. The van der Waals surface area contributed by atoms with Crippen LogP contribution in [-0.4, -0.2) is 52.2 Å². The monoisotopic (exact) mass is 479 g/mol. The summed E-state index contributed by atoms with van der Waals surface area (Å²) in [7, 11) is 1.24. The van der Waals surface area contributed by atoms with E-state index in [1.54, 1.807) is 13.0 Å². The lowest BCUT2D eigenvalue weighted by Crippen LogP contribution is -2.55. The number of aromatic nitrogens is 1. The highest BCUT2D eigenvalue weighted by Crippen LogP contribution is 2.36. The first-order valence-electron chi connectivity index (χ1n) is 11.5. The molecule has 5 N–H and O–H groups in total. The van der Waals surface area contributed by atoms with Crippen LogP contribution in [0.3, 0.4) is 0 Å². The third-order valence-corrected chi connectivity index (χ3v) is 6.76. The Kier molecular flexibility index (Phi) is 6.79. The number of ether oxygens (including phenoxy) is 1. The number of aliphatic carboxylic acids is 1. The average molecular weight is 480 g/mol. The standard InChI is InChI=1S/C26H29N3O6/c1-4-13(2)21(25(32)33)29-24(31)19-12-16-15-7-5-6-8-18(15)27-23(16)22(28-19)14-9-10-20(30)17(11-14)26(34)35-3/h5-11,13,19,21-22,27-28,30H,4,12H2,1-3H3,(H,29,31)(H,32,33)/t13-,19-,21-,22+/m0/s1. The smallest absolute Gasteiger partial charge is 0.341 e. The molecule has 9 nitrogen and oxygen atoms in total. The van der Waals surface area contributed by atoms with Gasteiger partial charge in [-0.1, -0.05) is 44.5 Å². The molecule has 0 unspecified atom stereocenters. The summed E-state index contributed by atoms with van der Waals surface area (Å²) in [6.45, 7) is 3.67. The van der Waals surface area contributed by atoms with E-state index in [9.17, 15) is 24.6 Å². The van der Waals surface area contributed by atoms with Gasteiger partial charge in [-0.05, 0) is 41.7 Å². The molecule has 0 bridgehead atoms. The van der Waals surface area contributed by atoms with Gasteiger partial charge in [0.05, 0.1) is 19.2 Å². The summed E-state index contributed by atoms with van der Waals surface area (Å²) in [4.78, 5) is 40.7. The van der Waals surface area contributed by atoms with Crippen LogP contribution in [0.1, 0.15) is 53.5 Å². The highest BCUT2D eigenvalue weighted by molar-refractivity contribution is 5.93. The summed E-state index contributed by atoms with van der Waals surface area (Å²) in [5.74, 6) is -2.61. The number of carbonyl (C=O) groups excluding carboxylic acids is 2. The predicted molar refractivity (Wildman–Crippen MR) is 129 cm³/mol. The second-order valence-corrected chi connectivity index (χ2v) is 8.90. The maximum absolute atomic E-state index is 13.3. The number of carbonyl (C=O) groups is 3. The Balaban J connectivity index is 1.76. The van der Waals surface area contributed by atoms with Crippen molar-refractivity contribution in [1.29, 1.82) is 0 Å². The summed E-state index contributed by atoms with van der Waals surface area (Å²) < 4.78 is 4.79. The zero-order valence-corrected chi connectivity index (χ0v) is 19.8. The van der Waals surface area contributed by atoms with Gasteiger partial charge >= 0.3 is 11.9 Å². The van der Waals surface area contributed by atoms with Crippen molar-refractivity contribution in [3.63, 3.8) is 0 Å². The highest BCUT2D eigenvalue weighted by atomic mass is 16.5. The Bertz CT molecular complexity index is 1280.